The molecule has 2 atom stereocenters. The van der Waals surface area contributed by atoms with E-state index in [1.807, 2.05) is 0 Å². The fourth-order valence-electron chi connectivity index (χ4n) is 6.85. The number of hydrogen-bond donors (Lipinski definition) is 1. The van der Waals surface area contributed by atoms with Crippen LogP contribution in [0, 0.1) is 0 Å². The number of carbonyl (C=O) groups is 1. The highest BCUT2D eigenvalue weighted by atomic mass is 16.7. The van der Waals surface area contributed by atoms with Crippen LogP contribution in [0.15, 0.2) is 30.3 Å². The lowest BCUT2D eigenvalue weighted by Crippen LogP contribution is -2.66. The van der Waals surface area contributed by atoms with E-state index in [4.69, 9.17) is 4.84 Å². The minimum Gasteiger partial charge on any atom is -0.353 e. The first kappa shape index (κ1) is 34.8. The highest BCUT2D eigenvalue weighted by Gasteiger charge is 2.50. The zero-order valence-electron chi connectivity index (χ0n) is 27.2. The maximum Gasteiger partial charge on any atom is 0.220 e. The molecule has 2 rings (SSSR count). The molecule has 4 heteroatoms. The van der Waals surface area contributed by atoms with Crippen LogP contribution in [0.5, 0.6) is 0 Å². The van der Waals surface area contributed by atoms with Gasteiger partial charge in [0.1, 0.15) is 6.10 Å². The molecule has 1 N–H and O–H groups in total. The maximum atomic E-state index is 12.9. The van der Waals surface area contributed by atoms with Gasteiger partial charge in [0.25, 0.3) is 0 Å². The van der Waals surface area contributed by atoms with Crippen LogP contribution in [0.1, 0.15) is 175 Å². The molecule has 0 bridgehead atoms. The summed E-state index contributed by atoms with van der Waals surface area (Å²) in [5, 5.41) is 5.73. The number of hydroxylamine groups is 2. The molecular formula is C36H64N2O2. The third-order valence-electron chi connectivity index (χ3n) is 9.32. The Bertz CT molecular complexity index is 789. The number of amides is 1. The standard InChI is InChI=1S/C36H64N2O2/c1-7-10-11-12-13-14-15-16-17-18-19-20-21-25-28-34(39)37-33-29-35(5,6)38(36(8-2,9-3)30-33)40-31(4)32-26-23-22-24-27-32/h22-24,26-27,31,33H,7-21,25,28-30H2,1-6H3,(H,37,39). The molecule has 40 heavy (non-hydrogen) atoms. The number of hydrogen-bond acceptors (Lipinski definition) is 3. The van der Waals surface area contributed by atoms with E-state index in [1.165, 1.54) is 89.0 Å². The van der Waals surface area contributed by atoms with Crippen molar-refractivity contribution in [1.82, 2.24) is 10.4 Å². The predicted molar refractivity (Wildman–Crippen MR) is 171 cm³/mol. The number of nitrogens with zero attached hydrogens (tertiary/aromatic N) is 1. The molecular weight excluding hydrogens is 492 g/mol. The molecule has 4 nitrogen and oxygen atoms in total. The van der Waals surface area contributed by atoms with Gasteiger partial charge in [-0.05, 0) is 58.4 Å². The molecule has 1 aliphatic rings. The van der Waals surface area contributed by atoms with Crippen molar-refractivity contribution in [2.75, 3.05) is 0 Å². The smallest absolute Gasteiger partial charge is 0.220 e. The van der Waals surface area contributed by atoms with Crippen LogP contribution >= 0.6 is 0 Å². The summed E-state index contributed by atoms with van der Waals surface area (Å²) < 4.78 is 0. The van der Waals surface area contributed by atoms with Gasteiger partial charge >= 0.3 is 0 Å². The Morgan fingerprint density at radius 3 is 1.82 bits per heavy atom. The topological polar surface area (TPSA) is 41.6 Å². The molecule has 0 saturated carbocycles. The largest absolute Gasteiger partial charge is 0.353 e. The van der Waals surface area contributed by atoms with Crippen LogP contribution in [-0.2, 0) is 9.63 Å². The van der Waals surface area contributed by atoms with Gasteiger partial charge < -0.3 is 5.32 Å². The van der Waals surface area contributed by atoms with Crippen LogP contribution in [0.3, 0.4) is 0 Å². The molecule has 1 aliphatic heterocycles. The van der Waals surface area contributed by atoms with Gasteiger partial charge in [0.2, 0.25) is 5.91 Å². The van der Waals surface area contributed by atoms with Crippen molar-refractivity contribution in [3.63, 3.8) is 0 Å². The molecule has 230 valence electrons. The number of nitrogens with one attached hydrogen (secondary N) is 1. The van der Waals surface area contributed by atoms with Gasteiger partial charge in [-0.15, -0.1) is 0 Å². The van der Waals surface area contributed by atoms with Gasteiger partial charge in [-0.25, -0.2) is 0 Å². The Morgan fingerprint density at radius 2 is 1.32 bits per heavy atom. The molecule has 1 heterocycles. The third-order valence-corrected chi connectivity index (χ3v) is 9.32. The fourth-order valence-corrected chi connectivity index (χ4v) is 6.85. The second kappa shape index (κ2) is 18.9. The summed E-state index contributed by atoms with van der Waals surface area (Å²) in [5.41, 5.74) is 0.945. The normalized spacial score (nSPS) is 19.4. The number of rotatable bonds is 21. The van der Waals surface area contributed by atoms with E-state index in [1.54, 1.807) is 0 Å². The average Bonchev–Trinajstić information content (AvgIpc) is 2.94. The van der Waals surface area contributed by atoms with Crippen LogP contribution in [0.2, 0.25) is 0 Å². The molecule has 0 aromatic heterocycles. The van der Waals surface area contributed by atoms with E-state index < -0.39 is 0 Å². The van der Waals surface area contributed by atoms with Gasteiger partial charge in [-0.1, -0.05) is 135 Å². The van der Waals surface area contributed by atoms with Crippen molar-refractivity contribution in [2.24, 2.45) is 0 Å². The third kappa shape index (κ3) is 11.8. The van der Waals surface area contributed by atoms with Gasteiger partial charge in [-0.3, -0.25) is 9.63 Å². The van der Waals surface area contributed by atoms with Crippen LogP contribution in [-0.4, -0.2) is 28.1 Å². The van der Waals surface area contributed by atoms with Gasteiger partial charge in [0, 0.05) is 23.5 Å². The lowest BCUT2D eigenvalue weighted by Gasteiger charge is -2.57. The lowest BCUT2D eigenvalue weighted by atomic mass is 9.74. The van der Waals surface area contributed by atoms with Crippen molar-refractivity contribution in [3.05, 3.63) is 35.9 Å². The monoisotopic (exact) mass is 556 g/mol. The Morgan fingerprint density at radius 1 is 0.825 bits per heavy atom. The minimum absolute atomic E-state index is 0.00980. The Kier molecular flexibility index (Phi) is 16.5. The zero-order chi connectivity index (χ0) is 29.3. The SMILES string of the molecule is CCCCCCCCCCCCCCCCC(=O)NC1CC(C)(C)N(OC(C)c2ccccc2)C(CC)(CC)C1. The van der Waals surface area contributed by atoms with Crippen LogP contribution in [0.25, 0.3) is 0 Å². The average molecular weight is 557 g/mol. The summed E-state index contributed by atoms with van der Waals surface area (Å²) in [4.78, 5) is 19.6. The van der Waals surface area contributed by atoms with Gasteiger partial charge in [0.15, 0.2) is 0 Å². The Labute approximate surface area is 248 Å². The number of carbonyl (C=O) groups excluding carboxylic acids is 1. The minimum atomic E-state index is -0.166. The molecule has 1 saturated heterocycles. The first-order valence-corrected chi connectivity index (χ1v) is 17.1. The van der Waals surface area contributed by atoms with Crippen LogP contribution in [0.4, 0.5) is 0 Å². The van der Waals surface area contributed by atoms with Crippen LogP contribution < -0.4 is 5.32 Å². The second-order valence-electron chi connectivity index (χ2n) is 13.2. The molecule has 1 aromatic rings. The molecule has 1 amide bonds. The van der Waals surface area contributed by atoms with Crippen molar-refractivity contribution < 1.29 is 9.63 Å². The van der Waals surface area contributed by atoms with Crippen molar-refractivity contribution in [2.45, 2.75) is 187 Å². The van der Waals surface area contributed by atoms with Crippen molar-refractivity contribution in [1.29, 1.82) is 0 Å². The fraction of sp³-hybridized carbons (Fsp3) is 0.806. The highest BCUT2D eigenvalue weighted by Crippen LogP contribution is 2.44. The van der Waals surface area contributed by atoms with Gasteiger partial charge in [0.05, 0.1) is 0 Å². The van der Waals surface area contributed by atoms with E-state index in [0.29, 0.717) is 6.42 Å². The zero-order valence-corrected chi connectivity index (χ0v) is 27.2. The molecule has 1 aromatic carbocycles. The van der Waals surface area contributed by atoms with Crippen molar-refractivity contribution in [3.8, 4) is 0 Å². The molecule has 0 spiro atoms. The molecule has 1 fully saturated rings. The summed E-state index contributed by atoms with van der Waals surface area (Å²) in [6, 6.07) is 10.7. The second-order valence-corrected chi connectivity index (χ2v) is 13.2. The number of benzene rings is 1. The molecule has 0 aliphatic carbocycles. The maximum absolute atomic E-state index is 12.9. The Hall–Kier alpha value is -1.39. The molecule has 0 radical (unpaired) electrons. The van der Waals surface area contributed by atoms with E-state index in [0.717, 1.165) is 32.1 Å². The van der Waals surface area contributed by atoms with Gasteiger partial charge in [-0.2, -0.15) is 5.06 Å². The quantitative estimate of drug-likeness (QED) is 0.153. The summed E-state index contributed by atoms with van der Waals surface area (Å²) in [5.74, 6) is 0.230. The van der Waals surface area contributed by atoms with E-state index in [2.05, 4.69) is 82.3 Å². The summed E-state index contributed by atoms with van der Waals surface area (Å²) in [6.45, 7) is 13.5. The molecule has 2 unspecified atom stereocenters. The number of piperidine rings is 1. The summed E-state index contributed by atoms with van der Waals surface area (Å²) >= 11 is 0. The lowest BCUT2D eigenvalue weighted by molar-refractivity contribution is -0.316. The van der Waals surface area contributed by atoms with E-state index in [9.17, 15) is 4.79 Å². The summed E-state index contributed by atoms with van der Waals surface area (Å²) in [7, 11) is 0. The predicted octanol–water partition coefficient (Wildman–Crippen LogP) is 10.5. The highest BCUT2D eigenvalue weighted by molar-refractivity contribution is 5.76. The first-order valence-electron chi connectivity index (χ1n) is 17.1. The first-order chi connectivity index (χ1) is 19.3. The Balaban J connectivity index is 1.68. The van der Waals surface area contributed by atoms with Crippen molar-refractivity contribution >= 4 is 5.91 Å². The van der Waals surface area contributed by atoms with E-state index >= 15 is 0 Å². The van der Waals surface area contributed by atoms with E-state index in [-0.39, 0.29) is 29.1 Å². The summed E-state index contributed by atoms with van der Waals surface area (Å²) in [6.07, 6.45) is 23.3. The number of unbranched alkanes of at least 4 members (excludes halogenated alkanes) is 13.